The zero-order chi connectivity index (χ0) is 18.0. The molecule has 0 unspecified atom stereocenters. The summed E-state index contributed by atoms with van der Waals surface area (Å²) in [4.78, 5) is 11.7. The minimum Gasteiger partial charge on any atom is -0.507 e. The molecule has 0 aliphatic carbocycles. The van der Waals surface area contributed by atoms with E-state index < -0.39 is 6.04 Å². The third-order valence-electron chi connectivity index (χ3n) is 3.87. The zero-order valence-corrected chi connectivity index (χ0v) is 15.5. The summed E-state index contributed by atoms with van der Waals surface area (Å²) in [6.07, 6.45) is 0.131. The summed E-state index contributed by atoms with van der Waals surface area (Å²) in [5, 5.41) is 10.7. The molecule has 0 spiro atoms. The van der Waals surface area contributed by atoms with E-state index >= 15 is 0 Å². The van der Waals surface area contributed by atoms with Crippen molar-refractivity contribution in [1.29, 1.82) is 0 Å². The van der Waals surface area contributed by atoms with Gasteiger partial charge in [-0.3, -0.25) is 4.79 Å². The van der Waals surface area contributed by atoms with Crippen molar-refractivity contribution in [3.8, 4) is 5.75 Å². The van der Waals surface area contributed by atoms with E-state index in [4.69, 9.17) is 10.5 Å². The van der Waals surface area contributed by atoms with Crippen molar-refractivity contribution < 1.29 is 14.6 Å². The van der Waals surface area contributed by atoms with Crippen molar-refractivity contribution in [2.75, 3.05) is 6.61 Å². The molecule has 0 radical (unpaired) electrons. The molecule has 1 atom stereocenters. The second kappa shape index (κ2) is 6.91. The molecular weight excluding hydrogens is 290 g/mol. The number of rotatable bonds is 4. The first-order valence-corrected chi connectivity index (χ1v) is 8.17. The van der Waals surface area contributed by atoms with E-state index in [9.17, 15) is 9.90 Å². The molecule has 0 amide bonds. The van der Waals surface area contributed by atoms with E-state index in [0.29, 0.717) is 12.4 Å². The Morgan fingerprint density at radius 3 is 1.91 bits per heavy atom. The Labute approximate surface area is 140 Å². The Kier molecular flexibility index (Phi) is 5.86. The van der Waals surface area contributed by atoms with Crippen LogP contribution in [0.4, 0.5) is 0 Å². The van der Waals surface area contributed by atoms with Crippen molar-refractivity contribution in [3.05, 3.63) is 28.8 Å². The largest absolute Gasteiger partial charge is 0.507 e. The van der Waals surface area contributed by atoms with Gasteiger partial charge >= 0.3 is 5.97 Å². The van der Waals surface area contributed by atoms with Crippen LogP contribution in [-0.4, -0.2) is 17.7 Å². The lowest BCUT2D eigenvalue weighted by molar-refractivity contribution is -0.143. The van der Waals surface area contributed by atoms with Gasteiger partial charge in [0, 0.05) is 6.04 Å². The fourth-order valence-corrected chi connectivity index (χ4v) is 2.53. The van der Waals surface area contributed by atoms with E-state index in [1.54, 1.807) is 6.92 Å². The van der Waals surface area contributed by atoms with Gasteiger partial charge < -0.3 is 15.6 Å². The van der Waals surface area contributed by atoms with Crippen LogP contribution in [0.1, 0.15) is 77.6 Å². The van der Waals surface area contributed by atoms with Crippen LogP contribution >= 0.6 is 0 Å². The number of aromatic hydroxyl groups is 1. The van der Waals surface area contributed by atoms with Crippen LogP contribution in [0, 0.1) is 0 Å². The number of phenolic OH excluding ortho intramolecular Hbond substituents is 1. The van der Waals surface area contributed by atoms with E-state index in [1.165, 1.54) is 0 Å². The predicted molar refractivity (Wildman–Crippen MR) is 93.7 cm³/mol. The van der Waals surface area contributed by atoms with E-state index in [2.05, 4.69) is 41.5 Å². The maximum Gasteiger partial charge on any atom is 0.307 e. The Morgan fingerprint density at radius 2 is 1.57 bits per heavy atom. The molecular formula is C19H31NO3. The van der Waals surface area contributed by atoms with Gasteiger partial charge in [0.15, 0.2) is 0 Å². The fraction of sp³-hybridized carbons (Fsp3) is 0.632. The van der Waals surface area contributed by atoms with Crippen LogP contribution in [-0.2, 0) is 20.4 Å². The lowest BCUT2D eigenvalue weighted by atomic mass is 9.77. The van der Waals surface area contributed by atoms with Crippen LogP contribution < -0.4 is 5.73 Å². The number of hydrogen-bond acceptors (Lipinski definition) is 4. The molecule has 130 valence electrons. The molecule has 0 bridgehead atoms. The molecule has 1 aromatic rings. The summed E-state index contributed by atoms with van der Waals surface area (Å²) in [6.45, 7) is 14.4. The maximum atomic E-state index is 11.7. The number of carbonyl (C=O) groups excluding carboxylic acids is 1. The molecule has 23 heavy (non-hydrogen) atoms. The number of hydrogen-bond donors (Lipinski definition) is 2. The third-order valence-corrected chi connectivity index (χ3v) is 3.87. The number of esters is 1. The van der Waals surface area contributed by atoms with Crippen molar-refractivity contribution in [3.63, 3.8) is 0 Å². The second-order valence-electron chi connectivity index (χ2n) is 8.08. The number of ether oxygens (including phenoxy) is 1. The van der Waals surface area contributed by atoms with Crippen LogP contribution in [0.15, 0.2) is 12.1 Å². The molecule has 0 saturated heterocycles. The first-order chi connectivity index (χ1) is 10.4. The molecule has 0 aliphatic heterocycles. The first kappa shape index (κ1) is 19.5. The Bertz CT molecular complexity index is 530. The topological polar surface area (TPSA) is 72.5 Å². The molecule has 0 fully saturated rings. The number of benzene rings is 1. The number of phenols is 1. The smallest absolute Gasteiger partial charge is 0.307 e. The number of carbonyl (C=O) groups is 1. The SMILES string of the molecule is CCOC(=O)C[C@@H](N)c1cc(C(C)(C)C)c(O)c(C(C)(C)C)c1. The molecule has 0 aliphatic rings. The minimum absolute atomic E-state index is 0.131. The van der Waals surface area contributed by atoms with E-state index in [0.717, 1.165) is 16.7 Å². The number of nitrogens with two attached hydrogens (primary N) is 1. The molecule has 3 N–H and O–H groups in total. The van der Waals surface area contributed by atoms with E-state index in [1.807, 2.05) is 12.1 Å². The van der Waals surface area contributed by atoms with Gasteiger partial charge in [-0.1, -0.05) is 41.5 Å². The summed E-state index contributed by atoms with van der Waals surface area (Å²) in [5.74, 6) is 0.0137. The van der Waals surface area contributed by atoms with Gasteiger partial charge in [-0.25, -0.2) is 0 Å². The summed E-state index contributed by atoms with van der Waals surface area (Å²) in [6, 6.07) is 3.37. The highest BCUT2D eigenvalue weighted by atomic mass is 16.5. The average molecular weight is 321 g/mol. The fourth-order valence-electron chi connectivity index (χ4n) is 2.53. The summed E-state index contributed by atoms with van der Waals surface area (Å²) in [5.41, 5.74) is 8.33. The van der Waals surface area contributed by atoms with Gasteiger partial charge in [0.2, 0.25) is 0 Å². The van der Waals surface area contributed by atoms with Crippen molar-refractivity contribution >= 4 is 5.97 Å². The lowest BCUT2D eigenvalue weighted by Gasteiger charge is -2.29. The molecule has 0 saturated carbocycles. The van der Waals surface area contributed by atoms with Crippen LogP contribution in [0.25, 0.3) is 0 Å². The van der Waals surface area contributed by atoms with Crippen molar-refractivity contribution in [2.45, 2.75) is 71.8 Å². The predicted octanol–water partition coefficient (Wildman–Crippen LogP) is 3.94. The van der Waals surface area contributed by atoms with Gasteiger partial charge in [0.25, 0.3) is 0 Å². The standard InChI is InChI=1S/C19H31NO3/c1-8-23-16(21)11-15(20)12-9-13(18(2,3)4)17(22)14(10-12)19(5,6)7/h9-10,15,22H,8,11,20H2,1-7H3/t15-/m1/s1. The highest BCUT2D eigenvalue weighted by Crippen LogP contribution is 2.40. The average Bonchev–Trinajstić information content (AvgIpc) is 2.36. The zero-order valence-electron chi connectivity index (χ0n) is 15.5. The molecule has 0 heterocycles. The van der Waals surface area contributed by atoms with Crippen LogP contribution in [0.5, 0.6) is 5.75 Å². The molecule has 1 aromatic carbocycles. The van der Waals surface area contributed by atoms with Crippen LogP contribution in [0.3, 0.4) is 0 Å². The highest BCUT2D eigenvalue weighted by molar-refractivity contribution is 5.70. The minimum atomic E-state index is -0.447. The third kappa shape index (κ3) is 4.96. The van der Waals surface area contributed by atoms with Gasteiger partial charge in [-0.15, -0.1) is 0 Å². The van der Waals surface area contributed by atoms with Crippen LogP contribution in [0.2, 0.25) is 0 Å². The Hall–Kier alpha value is -1.55. The first-order valence-electron chi connectivity index (χ1n) is 8.17. The van der Waals surface area contributed by atoms with Crippen molar-refractivity contribution in [1.82, 2.24) is 0 Å². The highest BCUT2D eigenvalue weighted by Gasteiger charge is 2.28. The van der Waals surface area contributed by atoms with Gasteiger partial charge in [0.1, 0.15) is 5.75 Å². The molecule has 0 aromatic heterocycles. The lowest BCUT2D eigenvalue weighted by Crippen LogP contribution is -2.22. The van der Waals surface area contributed by atoms with Gasteiger partial charge in [0.05, 0.1) is 13.0 Å². The molecule has 4 heteroatoms. The summed E-state index contributed by atoms with van der Waals surface area (Å²) < 4.78 is 4.98. The monoisotopic (exact) mass is 321 g/mol. The Morgan fingerprint density at radius 1 is 1.13 bits per heavy atom. The normalized spacial score (nSPS) is 13.7. The second-order valence-corrected chi connectivity index (χ2v) is 8.08. The van der Waals surface area contributed by atoms with Gasteiger partial charge in [-0.05, 0) is 46.6 Å². The maximum absolute atomic E-state index is 11.7. The molecule has 1 rings (SSSR count). The van der Waals surface area contributed by atoms with Crippen molar-refractivity contribution in [2.24, 2.45) is 5.73 Å². The Balaban J connectivity index is 3.36. The summed E-state index contributed by atoms with van der Waals surface area (Å²) in [7, 11) is 0. The quantitative estimate of drug-likeness (QED) is 0.824. The summed E-state index contributed by atoms with van der Waals surface area (Å²) >= 11 is 0. The van der Waals surface area contributed by atoms with Gasteiger partial charge in [-0.2, -0.15) is 0 Å². The van der Waals surface area contributed by atoms with E-state index in [-0.39, 0.29) is 23.2 Å². The molecule has 4 nitrogen and oxygen atoms in total.